The monoisotopic (exact) mass is 302 g/mol. The summed E-state index contributed by atoms with van der Waals surface area (Å²) in [5.41, 5.74) is 2.57. The lowest BCUT2D eigenvalue weighted by Gasteiger charge is -2.17. The second kappa shape index (κ2) is 9.79. The number of nitrogens with one attached hydrogen (secondary N) is 1. The molecule has 1 aromatic rings. The van der Waals surface area contributed by atoms with E-state index in [1.165, 1.54) is 31.7 Å². The number of unbranched alkanes of at least 4 members (excludes halogenated alkanes) is 6. The summed E-state index contributed by atoms with van der Waals surface area (Å²) in [5, 5.41) is 0. The molecule has 0 saturated carbocycles. The van der Waals surface area contributed by atoms with E-state index in [-0.39, 0.29) is 5.56 Å². The van der Waals surface area contributed by atoms with Crippen LogP contribution in [0.25, 0.3) is 0 Å². The molecule has 1 rings (SSSR count). The van der Waals surface area contributed by atoms with Gasteiger partial charge in [0.05, 0.1) is 0 Å². The van der Waals surface area contributed by atoms with Crippen LogP contribution in [0.15, 0.2) is 12.1 Å². The number of benzene rings is 1. The van der Waals surface area contributed by atoms with Crippen LogP contribution in [0.2, 0.25) is 0 Å². The number of hydrogen-bond donors (Lipinski definition) is 2. The van der Waals surface area contributed by atoms with E-state index in [0.717, 1.165) is 25.3 Å². The third-order valence-electron chi connectivity index (χ3n) is 3.74. The fraction of sp³-hybridized carbons (Fsp3) is 0.625. The average Bonchev–Trinajstić information content (AvgIpc) is 2.49. The van der Waals surface area contributed by atoms with Crippen molar-refractivity contribution in [3.63, 3.8) is 0 Å². The van der Waals surface area contributed by atoms with E-state index in [1.54, 1.807) is 0 Å². The van der Waals surface area contributed by atoms with Gasteiger partial charge in [0.2, 0.25) is 0 Å². The molecule has 1 aromatic carbocycles. The summed E-state index contributed by atoms with van der Waals surface area (Å²) in [7, 11) is 0. The van der Waals surface area contributed by atoms with Crippen molar-refractivity contribution < 1.29 is 13.2 Å². The highest BCUT2D eigenvalue weighted by Crippen LogP contribution is 2.25. The third-order valence-corrected chi connectivity index (χ3v) is 3.74. The summed E-state index contributed by atoms with van der Waals surface area (Å²) in [5.74, 6) is 1.64. The van der Waals surface area contributed by atoms with Gasteiger partial charge in [-0.05, 0) is 12.5 Å². The molecule has 1 atom stereocenters. The maximum absolute atomic E-state index is 13.7. The van der Waals surface area contributed by atoms with Gasteiger partial charge in [-0.15, -0.1) is 0 Å². The van der Waals surface area contributed by atoms with Gasteiger partial charge in [-0.25, -0.2) is 13.2 Å². The zero-order valence-electron chi connectivity index (χ0n) is 12.6. The number of halogens is 3. The molecule has 0 saturated heterocycles. The van der Waals surface area contributed by atoms with E-state index in [4.69, 9.17) is 5.84 Å². The van der Waals surface area contributed by atoms with E-state index >= 15 is 0 Å². The third kappa shape index (κ3) is 5.67. The van der Waals surface area contributed by atoms with E-state index in [9.17, 15) is 13.2 Å². The first-order valence-electron chi connectivity index (χ1n) is 7.71. The molecule has 0 bridgehead atoms. The highest BCUT2D eigenvalue weighted by atomic mass is 19.2. The summed E-state index contributed by atoms with van der Waals surface area (Å²) in [6.07, 6.45) is 8.57. The van der Waals surface area contributed by atoms with Gasteiger partial charge in [0, 0.05) is 11.6 Å². The second-order valence-electron chi connectivity index (χ2n) is 5.39. The van der Waals surface area contributed by atoms with Crippen LogP contribution in [0.4, 0.5) is 13.2 Å². The van der Waals surface area contributed by atoms with E-state index in [0.29, 0.717) is 6.42 Å². The lowest BCUT2D eigenvalue weighted by atomic mass is 9.99. The normalized spacial score (nSPS) is 12.6. The van der Waals surface area contributed by atoms with Gasteiger partial charge >= 0.3 is 0 Å². The Morgan fingerprint density at radius 1 is 0.952 bits per heavy atom. The lowest BCUT2D eigenvalue weighted by Crippen LogP contribution is -2.29. The number of nitrogens with two attached hydrogens (primary N) is 1. The zero-order chi connectivity index (χ0) is 15.7. The first-order chi connectivity index (χ1) is 10.1. The van der Waals surface area contributed by atoms with Gasteiger partial charge in [0.1, 0.15) is 0 Å². The highest BCUT2D eigenvalue weighted by Gasteiger charge is 2.19. The van der Waals surface area contributed by atoms with Crippen LogP contribution in [0.5, 0.6) is 0 Å². The molecular weight excluding hydrogens is 277 g/mol. The van der Waals surface area contributed by atoms with Gasteiger partial charge in [-0.2, -0.15) is 0 Å². The van der Waals surface area contributed by atoms with E-state index in [2.05, 4.69) is 12.3 Å². The lowest BCUT2D eigenvalue weighted by molar-refractivity contribution is 0.412. The average molecular weight is 302 g/mol. The molecule has 0 aliphatic rings. The summed E-state index contributed by atoms with van der Waals surface area (Å²) in [6.45, 7) is 2.17. The summed E-state index contributed by atoms with van der Waals surface area (Å²) < 4.78 is 39.8. The molecule has 0 fully saturated rings. The molecule has 120 valence electrons. The Kier molecular flexibility index (Phi) is 8.38. The first-order valence-corrected chi connectivity index (χ1v) is 7.71. The maximum atomic E-state index is 13.7. The molecule has 2 nitrogen and oxygen atoms in total. The minimum Gasteiger partial charge on any atom is -0.271 e. The van der Waals surface area contributed by atoms with Crippen molar-refractivity contribution in [3.05, 3.63) is 35.1 Å². The second-order valence-corrected chi connectivity index (χ2v) is 5.39. The molecule has 21 heavy (non-hydrogen) atoms. The van der Waals surface area contributed by atoms with Crippen molar-refractivity contribution in [1.29, 1.82) is 0 Å². The molecule has 1 unspecified atom stereocenters. The van der Waals surface area contributed by atoms with Gasteiger partial charge in [-0.3, -0.25) is 11.3 Å². The van der Waals surface area contributed by atoms with Crippen LogP contribution in [-0.4, -0.2) is 0 Å². The van der Waals surface area contributed by atoms with Crippen LogP contribution in [-0.2, 0) is 0 Å². The van der Waals surface area contributed by atoms with Crippen molar-refractivity contribution in [2.24, 2.45) is 5.84 Å². The standard InChI is InChI=1S/C16H25F3N2/c1-2-3-4-5-6-7-8-9-14(21-20)12-10-11-13(17)16(19)15(12)18/h10-11,14,21H,2-9,20H2,1H3. The van der Waals surface area contributed by atoms with Gasteiger partial charge in [0.25, 0.3) is 0 Å². The smallest absolute Gasteiger partial charge is 0.194 e. The van der Waals surface area contributed by atoms with Gasteiger partial charge < -0.3 is 0 Å². The molecule has 0 aromatic heterocycles. The Labute approximate surface area is 124 Å². The minimum absolute atomic E-state index is 0.0855. The summed E-state index contributed by atoms with van der Waals surface area (Å²) >= 11 is 0. The van der Waals surface area contributed by atoms with E-state index in [1.807, 2.05) is 0 Å². The molecular formula is C16H25F3N2. The Morgan fingerprint density at radius 3 is 2.19 bits per heavy atom. The minimum atomic E-state index is -1.44. The first kappa shape index (κ1) is 18.0. The highest BCUT2D eigenvalue weighted by molar-refractivity contribution is 5.23. The van der Waals surface area contributed by atoms with Crippen LogP contribution < -0.4 is 11.3 Å². The summed E-state index contributed by atoms with van der Waals surface area (Å²) in [6, 6.07) is 1.69. The molecule has 0 aliphatic heterocycles. The van der Waals surface area contributed by atoms with Gasteiger partial charge in [-0.1, -0.05) is 57.9 Å². The maximum Gasteiger partial charge on any atom is 0.194 e. The number of rotatable bonds is 10. The molecule has 0 heterocycles. The topological polar surface area (TPSA) is 38.0 Å². The SMILES string of the molecule is CCCCCCCCCC(NN)c1ccc(F)c(F)c1F. The fourth-order valence-electron chi connectivity index (χ4n) is 2.44. The Bertz CT molecular complexity index is 424. The summed E-state index contributed by atoms with van der Waals surface area (Å²) in [4.78, 5) is 0. The molecule has 0 radical (unpaired) electrons. The van der Waals surface area contributed by atoms with Crippen molar-refractivity contribution in [3.8, 4) is 0 Å². The Hall–Kier alpha value is -1.07. The van der Waals surface area contributed by atoms with Crippen molar-refractivity contribution >= 4 is 0 Å². The zero-order valence-corrected chi connectivity index (χ0v) is 12.6. The van der Waals surface area contributed by atoms with Crippen LogP contribution in [0.3, 0.4) is 0 Å². The molecule has 0 amide bonds. The predicted molar refractivity (Wildman–Crippen MR) is 79.0 cm³/mol. The number of hydrogen-bond acceptors (Lipinski definition) is 2. The quantitative estimate of drug-likeness (QED) is 0.283. The largest absolute Gasteiger partial charge is 0.271 e. The predicted octanol–water partition coefficient (Wildman–Crippen LogP) is 4.75. The molecule has 0 spiro atoms. The Morgan fingerprint density at radius 2 is 1.57 bits per heavy atom. The number of hydrazine groups is 1. The van der Waals surface area contributed by atoms with Crippen LogP contribution in [0.1, 0.15) is 69.9 Å². The van der Waals surface area contributed by atoms with E-state index < -0.39 is 23.5 Å². The van der Waals surface area contributed by atoms with Crippen molar-refractivity contribution in [2.45, 2.75) is 64.3 Å². The van der Waals surface area contributed by atoms with Gasteiger partial charge in [0.15, 0.2) is 17.5 Å². The Balaban J connectivity index is 2.43. The van der Waals surface area contributed by atoms with Crippen LogP contribution >= 0.6 is 0 Å². The van der Waals surface area contributed by atoms with Crippen molar-refractivity contribution in [2.75, 3.05) is 0 Å². The van der Waals surface area contributed by atoms with Crippen LogP contribution in [0, 0.1) is 17.5 Å². The molecule has 3 N–H and O–H groups in total. The van der Waals surface area contributed by atoms with Crippen molar-refractivity contribution in [1.82, 2.24) is 5.43 Å². The fourth-order valence-corrected chi connectivity index (χ4v) is 2.44. The molecule has 0 aliphatic carbocycles. The molecule has 5 heteroatoms.